The normalized spacial score (nSPS) is 12.2. The van der Waals surface area contributed by atoms with Gasteiger partial charge in [0.2, 0.25) is 0 Å². The minimum absolute atomic E-state index is 0.120. The molecule has 0 radical (unpaired) electrons. The Hall–Kier alpha value is -0.780. The van der Waals surface area contributed by atoms with Gasteiger partial charge in [0.05, 0.1) is 5.02 Å². The average Bonchev–Trinajstić information content (AvgIpc) is 2.18. The van der Waals surface area contributed by atoms with Gasteiger partial charge < -0.3 is 15.6 Å². The van der Waals surface area contributed by atoms with Crippen LogP contribution in [0.2, 0.25) is 5.02 Å². The number of rotatable bonds is 4. The summed E-state index contributed by atoms with van der Waals surface area (Å²) in [5.74, 6) is -0.705. The fourth-order valence-electron chi connectivity index (χ4n) is 0.839. The highest BCUT2D eigenvalue weighted by molar-refractivity contribution is 9.10. The molecule has 1 rings (SSSR count). The second-order valence-corrected chi connectivity index (χ2v) is 4.15. The fraction of sp³-hybridized carbons (Fsp3) is 0.222. The van der Waals surface area contributed by atoms with Gasteiger partial charge in [-0.25, -0.2) is 0 Å². The van der Waals surface area contributed by atoms with Gasteiger partial charge in [-0.15, -0.1) is 0 Å². The maximum atomic E-state index is 10.4. The van der Waals surface area contributed by atoms with Crippen LogP contribution in [0.1, 0.15) is 0 Å². The Morgan fingerprint density at radius 2 is 2.33 bits per heavy atom. The van der Waals surface area contributed by atoms with Crippen LogP contribution >= 0.6 is 27.5 Å². The number of benzene rings is 1. The smallest absolute Gasteiger partial charge is 0.324 e. The average molecular weight is 295 g/mol. The molecule has 0 saturated carbocycles. The highest BCUT2D eigenvalue weighted by Gasteiger charge is 2.13. The molecule has 3 N–H and O–H groups in total. The van der Waals surface area contributed by atoms with Crippen LogP contribution in [-0.2, 0) is 4.79 Å². The van der Waals surface area contributed by atoms with Gasteiger partial charge >= 0.3 is 5.97 Å². The summed E-state index contributed by atoms with van der Waals surface area (Å²) in [5.41, 5.74) is 5.27. The molecule has 0 aliphatic carbocycles. The second kappa shape index (κ2) is 5.34. The Labute approximate surface area is 100 Å². The first-order valence-corrected chi connectivity index (χ1v) is 5.24. The van der Waals surface area contributed by atoms with Crippen LogP contribution in [0.5, 0.6) is 5.75 Å². The lowest BCUT2D eigenvalue weighted by Crippen LogP contribution is -2.36. The minimum atomic E-state index is -1.11. The molecule has 0 aromatic heterocycles. The molecule has 82 valence electrons. The second-order valence-electron chi connectivity index (χ2n) is 2.83. The maximum Gasteiger partial charge on any atom is 0.324 e. The summed E-state index contributed by atoms with van der Waals surface area (Å²) in [4.78, 5) is 10.4. The van der Waals surface area contributed by atoms with Crippen molar-refractivity contribution in [2.24, 2.45) is 5.73 Å². The number of nitrogens with two attached hydrogens (primary N) is 1. The van der Waals surface area contributed by atoms with Gasteiger partial charge in [0.1, 0.15) is 18.4 Å². The van der Waals surface area contributed by atoms with Crippen LogP contribution in [0.25, 0.3) is 0 Å². The highest BCUT2D eigenvalue weighted by atomic mass is 79.9. The molecule has 0 fully saturated rings. The van der Waals surface area contributed by atoms with Gasteiger partial charge in [-0.05, 0) is 18.2 Å². The topological polar surface area (TPSA) is 72.5 Å². The van der Waals surface area contributed by atoms with E-state index in [-0.39, 0.29) is 6.61 Å². The molecular weight excluding hydrogens is 285 g/mol. The van der Waals surface area contributed by atoms with E-state index < -0.39 is 12.0 Å². The first-order valence-electron chi connectivity index (χ1n) is 4.07. The van der Waals surface area contributed by atoms with E-state index in [2.05, 4.69) is 15.9 Å². The SMILES string of the molecule is N[C@@H](COc1cc(Br)ccc1Cl)C(=O)O. The summed E-state index contributed by atoms with van der Waals surface area (Å²) in [5, 5.41) is 8.95. The van der Waals surface area contributed by atoms with Crippen LogP contribution < -0.4 is 10.5 Å². The van der Waals surface area contributed by atoms with Crippen molar-refractivity contribution in [2.45, 2.75) is 6.04 Å². The molecule has 0 bridgehead atoms. The fourth-order valence-corrected chi connectivity index (χ4v) is 1.35. The predicted octanol–water partition coefficient (Wildman–Crippen LogP) is 1.89. The molecule has 0 heterocycles. The van der Waals surface area contributed by atoms with Crippen molar-refractivity contribution in [2.75, 3.05) is 6.61 Å². The van der Waals surface area contributed by atoms with Crippen molar-refractivity contribution in [1.29, 1.82) is 0 Å². The monoisotopic (exact) mass is 293 g/mol. The summed E-state index contributed by atoms with van der Waals surface area (Å²) in [6, 6.07) is 4.00. The first kappa shape index (κ1) is 12.3. The van der Waals surface area contributed by atoms with Crippen molar-refractivity contribution < 1.29 is 14.6 Å². The van der Waals surface area contributed by atoms with Crippen molar-refractivity contribution in [3.8, 4) is 5.75 Å². The zero-order valence-electron chi connectivity index (χ0n) is 7.61. The van der Waals surface area contributed by atoms with Crippen LogP contribution in [0, 0.1) is 0 Å². The standard InChI is InChI=1S/C9H9BrClNO3/c10-5-1-2-6(11)8(3-5)15-4-7(12)9(13)14/h1-3,7H,4,12H2,(H,13,14)/t7-/m0/s1. The number of aliphatic carboxylic acids is 1. The van der Waals surface area contributed by atoms with E-state index in [4.69, 9.17) is 27.2 Å². The van der Waals surface area contributed by atoms with E-state index in [0.717, 1.165) is 4.47 Å². The number of carboxylic acids is 1. The largest absolute Gasteiger partial charge is 0.490 e. The lowest BCUT2D eigenvalue weighted by molar-refractivity contribution is -0.139. The summed E-state index contributed by atoms with van der Waals surface area (Å²) in [6.07, 6.45) is 0. The number of carbonyl (C=O) groups is 1. The van der Waals surface area contributed by atoms with Gasteiger partial charge in [0.15, 0.2) is 0 Å². The number of hydrogen-bond acceptors (Lipinski definition) is 3. The van der Waals surface area contributed by atoms with Crippen LogP contribution in [0.4, 0.5) is 0 Å². The van der Waals surface area contributed by atoms with E-state index in [1.165, 1.54) is 0 Å². The molecule has 6 heteroatoms. The molecule has 15 heavy (non-hydrogen) atoms. The van der Waals surface area contributed by atoms with Gasteiger partial charge in [-0.1, -0.05) is 27.5 Å². The number of halogens is 2. The van der Waals surface area contributed by atoms with E-state index in [1.54, 1.807) is 18.2 Å². The lowest BCUT2D eigenvalue weighted by Gasteiger charge is -2.10. The summed E-state index contributed by atoms with van der Waals surface area (Å²) in [6.45, 7) is -0.120. The third-order valence-corrected chi connectivity index (χ3v) is 2.43. The zero-order valence-corrected chi connectivity index (χ0v) is 9.96. The molecule has 1 aromatic carbocycles. The molecule has 0 aliphatic rings. The van der Waals surface area contributed by atoms with Gasteiger partial charge in [-0.3, -0.25) is 4.79 Å². The molecule has 4 nitrogen and oxygen atoms in total. The minimum Gasteiger partial charge on any atom is -0.490 e. The van der Waals surface area contributed by atoms with Crippen LogP contribution in [0.3, 0.4) is 0 Å². The zero-order chi connectivity index (χ0) is 11.4. The van der Waals surface area contributed by atoms with Crippen molar-refractivity contribution in [3.05, 3.63) is 27.7 Å². The summed E-state index contributed by atoms with van der Waals surface area (Å²) < 4.78 is 5.97. The predicted molar refractivity (Wildman–Crippen MR) is 60.3 cm³/mol. The van der Waals surface area contributed by atoms with Crippen LogP contribution in [0.15, 0.2) is 22.7 Å². The van der Waals surface area contributed by atoms with Gasteiger partial charge in [0.25, 0.3) is 0 Å². The Bertz CT molecular complexity index is 372. The van der Waals surface area contributed by atoms with Crippen molar-refractivity contribution >= 4 is 33.5 Å². The van der Waals surface area contributed by atoms with Gasteiger partial charge in [0, 0.05) is 4.47 Å². The van der Waals surface area contributed by atoms with E-state index >= 15 is 0 Å². The Kier molecular flexibility index (Phi) is 4.38. The number of ether oxygens (including phenoxy) is 1. The van der Waals surface area contributed by atoms with E-state index in [1.807, 2.05) is 0 Å². The third-order valence-electron chi connectivity index (χ3n) is 1.63. The number of hydrogen-bond donors (Lipinski definition) is 2. The molecule has 0 aliphatic heterocycles. The molecule has 0 amide bonds. The Morgan fingerprint density at radius 3 is 2.93 bits per heavy atom. The number of carboxylic acid groups (broad SMARTS) is 1. The molecule has 1 aromatic rings. The van der Waals surface area contributed by atoms with Crippen molar-refractivity contribution in [3.63, 3.8) is 0 Å². The Balaban J connectivity index is 2.65. The molecule has 1 atom stereocenters. The maximum absolute atomic E-state index is 10.4. The van der Waals surface area contributed by atoms with E-state index in [0.29, 0.717) is 10.8 Å². The quantitative estimate of drug-likeness (QED) is 0.889. The first-order chi connectivity index (χ1) is 7.00. The van der Waals surface area contributed by atoms with Crippen molar-refractivity contribution in [1.82, 2.24) is 0 Å². The summed E-state index contributed by atoms with van der Waals surface area (Å²) in [7, 11) is 0. The molecule has 0 unspecified atom stereocenters. The lowest BCUT2D eigenvalue weighted by atomic mass is 10.3. The highest BCUT2D eigenvalue weighted by Crippen LogP contribution is 2.27. The summed E-state index contributed by atoms with van der Waals surface area (Å²) >= 11 is 9.07. The molecule has 0 saturated heterocycles. The third kappa shape index (κ3) is 3.70. The Morgan fingerprint density at radius 1 is 1.67 bits per heavy atom. The van der Waals surface area contributed by atoms with Crippen LogP contribution in [-0.4, -0.2) is 23.7 Å². The molecular formula is C9H9BrClNO3. The molecule has 0 spiro atoms. The van der Waals surface area contributed by atoms with Gasteiger partial charge in [-0.2, -0.15) is 0 Å². The van der Waals surface area contributed by atoms with E-state index in [9.17, 15) is 4.79 Å².